The van der Waals surface area contributed by atoms with E-state index in [1.807, 2.05) is 5.38 Å². The summed E-state index contributed by atoms with van der Waals surface area (Å²) in [4.78, 5) is 28.8. The highest BCUT2D eigenvalue weighted by Crippen LogP contribution is 2.40. The number of nitrogens with two attached hydrogens (primary N) is 1. The van der Waals surface area contributed by atoms with Crippen molar-refractivity contribution in [2.45, 2.75) is 44.9 Å². The minimum atomic E-state index is -0.560. The second kappa shape index (κ2) is 8.99. The molecule has 2 aromatic rings. The standard InChI is InChI=1S/C20H25N3O3S/c1-26-18-15(23-16(24)12-13-6-4-2-3-5-7-13)9-8-14(19(21)25)17(18)20-22-10-11-27-20/h8-11,13H,2-7,12H2,1H3,(H2,21,25)(H,23,24). The summed E-state index contributed by atoms with van der Waals surface area (Å²) < 4.78 is 5.55. The maximum atomic E-state index is 12.6. The predicted octanol–water partition coefficient (Wildman–Crippen LogP) is 4.22. The lowest BCUT2D eigenvalue weighted by Gasteiger charge is -2.17. The van der Waals surface area contributed by atoms with Crippen molar-refractivity contribution < 1.29 is 14.3 Å². The molecule has 7 heteroatoms. The van der Waals surface area contributed by atoms with Crippen molar-refractivity contribution in [2.75, 3.05) is 12.4 Å². The molecule has 27 heavy (non-hydrogen) atoms. The third kappa shape index (κ3) is 4.66. The normalized spacial score (nSPS) is 15.1. The number of nitrogens with one attached hydrogen (secondary N) is 1. The first kappa shape index (κ1) is 19.4. The molecule has 0 saturated heterocycles. The molecule has 0 spiro atoms. The average molecular weight is 388 g/mol. The zero-order chi connectivity index (χ0) is 19.2. The first-order valence-electron chi connectivity index (χ1n) is 9.30. The Balaban J connectivity index is 1.86. The summed E-state index contributed by atoms with van der Waals surface area (Å²) >= 11 is 1.38. The first-order chi connectivity index (χ1) is 13.1. The molecule has 1 aromatic heterocycles. The van der Waals surface area contributed by atoms with Gasteiger partial charge in [-0.1, -0.05) is 25.7 Å². The SMILES string of the molecule is COc1c(NC(=O)CC2CCCCCC2)ccc(C(N)=O)c1-c1nccs1. The van der Waals surface area contributed by atoms with Gasteiger partial charge in [0.15, 0.2) is 5.75 Å². The van der Waals surface area contributed by atoms with Crippen LogP contribution in [-0.2, 0) is 4.79 Å². The van der Waals surface area contributed by atoms with Gasteiger partial charge in [0.05, 0.1) is 23.9 Å². The number of thiazole rings is 1. The molecule has 2 amide bonds. The van der Waals surface area contributed by atoms with Crippen molar-refractivity contribution >= 4 is 28.8 Å². The van der Waals surface area contributed by atoms with Gasteiger partial charge in [-0.15, -0.1) is 11.3 Å². The van der Waals surface area contributed by atoms with Gasteiger partial charge in [-0.2, -0.15) is 0 Å². The molecule has 0 unspecified atom stereocenters. The Morgan fingerprint density at radius 3 is 2.59 bits per heavy atom. The second-order valence-corrected chi connectivity index (χ2v) is 7.77. The van der Waals surface area contributed by atoms with Crippen molar-refractivity contribution in [3.63, 3.8) is 0 Å². The molecule has 0 radical (unpaired) electrons. The molecule has 1 heterocycles. The van der Waals surface area contributed by atoms with Crippen LogP contribution in [-0.4, -0.2) is 23.9 Å². The topological polar surface area (TPSA) is 94.3 Å². The van der Waals surface area contributed by atoms with Crippen molar-refractivity contribution in [3.05, 3.63) is 29.3 Å². The van der Waals surface area contributed by atoms with E-state index in [0.717, 1.165) is 12.8 Å². The highest BCUT2D eigenvalue weighted by Gasteiger charge is 2.23. The Hall–Kier alpha value is -2.41. The number of hydrogen-bond acceptors (Lipinski definition) is 5. The number of anilines is 1. The van der Waals surface area contributed by atoms with Gasteiger partial charge >= 0.3 is 0 Å². The summed E-state index contributed by atoms with van der Waals surface area (Å²) in [6.45, 7) is 0. The molecular formula is C20H25N3O3S. The molecule has 0 atom stereocenters. The number of aromatic nitrogens is 1. The van der Waals surface area contributed by atoms with Gasteiger partial charge in [-0.05, 0) is 30.9 Å². The smallest absolute Gasteiger partial charge is 0.249 e. The highest BCUT2D eigenvalue weighted by atomic mass is 32.1. The Bertz CT molecular complexity index is 797. The number of methoxy groups -OCH3 is 1. The van der Waals surface area contributed by atoms with Crippen LogP contribution in [0.1, 0.15) is 55.3 Å². The molecule has 3 rings (SSSR count). The van der Waals surface area contributed by atoms with E-state index in [2.05, 4.69) is 10.3 Å². The largest absolute Gasteiger partial charge is 0.494 e. The van der Waals surface area contributed by atoms with Crippen molar-refractivity contribution in [3.8, 4) is 16.3 Å². The lowest BCUT2D eigenvalue weighted by Crippen LogP contribution is -2.18. The number of carbonyl (C=O) groups excluding carboxylic acids is 2. The summed E-state index contributed by atoms with van der Waals surface area (Å²) in [5, 5.41) is 5.40. The van der Waals surface area contributed by atoms with Crippen LogP contribution < -0.4 is 15.8 Å². The Morgan fingerprint density at radius 1 is 1.26 bits per heavy atom. The molecule has 0 aliphatic heterocycles. The summed E-state index contributed by atoms with van der Waals surface area (Å²) in [6.07, 6.45) is 9.29. The number of primary amides is 1. The van der Waals surface area contributed by atoms with E-state index in [0.29, 0.717) is 39.9 Å². The predicted molar refractivity (Wildman–Crippen MR) is 107 cm³/mol. The number of nitrogens with zero attached hydrogens (tertiary/aromatic N) is 1. The first-order valence-corrected chi connectivity index (χ1v) is 10.2. The van der Waals surface area contributed by atoms with Gasteiger partial charge in [-0.3, -0.25) is 9.59 Å². The zero-order valence-electron chi connectivity index (χ0n) is 15.5. The molecule has 1 aromatic carbocycles. The minimum Gasteiger partial charge on any atom is -0.494 e. The summed E-state index contributed by atoms with van der Waals surface area (Å²) in [7, 11) is 1.51. The Kier molecular flexibility index (Phi) is 6.45. The van der Waals surface area contributed by atoms with E-state index in [1.54, 1.807) is 18.3 Å². The van der Waals surface area contributed by atoms with Gasteiger partial charge in [0, 0.05) is 18.0 Å². The van der Waals surface area contributed by atoms with Crippen LogP contribution in [0.4, 0.5) is 5.69 Å². The highest BCUT2D eigenvalue weighted by molar-refractivity contribution is 7.13. The fraction of sp³-hybridized carbons (Fsp3) is 0.450. The third-order valence-electron chi connectivity index (χ3n) is 5.00. The van der Waals surface area contributed by atoms with Crippen molar-refractivity contribution in [1.29, 1.82) is 0 Å². The Labute approximate surface area is 163 Å². The van der Waals surface area contributed by atoms with Gasteiger partial charge < -0.3 is 15.8 Å². The van der Waals surface area contributed by atoms with Crippen molar-refractivity contribution in [2.24, 2.45) is 11.7 Å². The van der Waals surface area contributed by atoms with E-state index < -0.39 is 5.91 Å². The molecule has 1 aliphatic rings. The van der Waals surface area contributed by atoms with E-state index in [4.69, 9.17) is 10.5 Å². The fourth-order valence-corrected chi connectivity index (χ4v) is 4.38. The van der Waals surface area contributed by atoms with Crippen LogP contribution in [0.15, 0.2) is 23.7 Å². The minimum absolute atomic E-state index is 0.0305. The molecule has 144 valence electrons. The zero-order valence-corrected chi connectivity index (χ0v) is 16.3. The molecule has 1 saturated carbocycles. The Morgan fingerprint density at radius 2 is 2.00 bits per heavy atom. The number of hydrogen-bond donors (Lipinski definition) is 2. The number of rotatable bonds is 6. The molecule has 0 bridgehead atoms. The van der Waals surface area contributed by atoms with Crippen LogP contribution in [0.25, 0.3) is 10.6 Å². The van der Waals surface area contributed by atoms with E-state index in [-0.39, 0.29) is 5.91 Å². The number of ether oxygens (including phenoxy) is 1. The number of carbonyl (C=O) groups is 2. The molecule has 6 nitrogen and oxygen atoms in total. The second-order valence-electron chi connectivity index (χ2n) is 6.88. The monoisotopic (exact) mass is 387 g/mol. The van der Waals surface area contributed by atoms with Gasteiger partial charge in [-0.25, -0.2) is 4.98 Å². The molecule has 3 N–H and O–H groups in total. The molecule has 1 fully saturated rings. The van der Waals surface area contributed by atoms with E-state index >= 15 is 0 Å². The average Bonchev–Trinajstić information content (AvgIpc) is 3.06. The van der Waals surface area contributed by atoms with Crippen molar-refractivity contribution in [1.82, 2.24) is 4.98 Å². The van der Waals surface area contributed by atoms with E-state index in [1.165, 1.54) is 44.1 Å². The van der Waals surface area contributed by atoms with E-state index in [9.17, 15) is 9.59 Å². The van der Waals surface area contributed by atoms with Crippen LogP contribution in [0.5, 0.6) is 5.75 Å². The van der Waals surface area contributed by atoms with Crippen LogP contribution in [0, 0.1) is 5.92 Å². The fourth-order valence-electron chi connectivity index (χ4n) is 3.69. The summed E-state index contributed by atoms with van der Waals surface area (Å²) in [5.41, 5.74) is 6.91. The lowest BCUT2D eigenvalue weighted by atomic mass is 9.96. The molecular weight excluding hydrogens is 362 g/mol. The van der Waals surface area contributed by atoms with Gasteiger partial charge in [0.1, 0.15) is 5.01 Å². The van der Waals surface area contributed by atoms with Gasteiger partial charge in [0.25, 0.3) is 0 Å². The van der Waals surface area contributed by atoms with Crippen LogP contribution in [0.3, 0.4) is 0 Å². The lowest BCUT2D eigenvalue weighted by molar-refractivity contribution is -0.117. The quantitative estimate of drug-likeness (QED) is 0.726. The summed E-state index contributed by atoms with van der Waals surface area (Å²) in [5.74, 6) is 0.254. The maximum Gasteiger partial charge on any atom is 0.249 e. The van der Waals surface area contributed by atoms with Gasteiger partial charge in [0.2, 0.25) is 11.8 Å². The third-order valence-corrected chi connectivity index (χ3v) is 5.79. The maximum absolute atomic E-state index is 12.6. The molecule has 1 aliphatic carbocycles. The number of benzene rings is 1. The van der Waals surface area contributed by atoms with Crippen LogP contribution >= 0.6 is 11.3 Å². The van der Waals surface area contributed by atoms with Crippen LogP contribution in [0.2, 0.25) is 0 Å². The number of amides is 2. The summed E-state index contributed by atoms with van der Waals surface area (Å²) in [6, 6.07) is 3.28.